The topological polar surface area (TPSA) is 12.0 Å². The standard InChI is InChI=1S/C10H11ClFN/c1-8-5-9(12)7-10(6-8)13-4-2-3-11/h2-3,5-7,13H,4H2,1H3/b3-2+. The van der Waals surface area contributed by atoms with Crippen molar-refractivity contribution in [3.63, 3.8) is 0 Å². The van der Waals surface area contributed by atoms with Gasteiger partial charge in [-0.05, 0) is 30.7 Å². The average molecular weight is 200 g/mol. The molecule has 0 fully saturated rings. The molecule has 0 aliphatic carbocycles. The Morgan fingerprint density at radius 2 is 2.23 bits per heavy atom. The van der Waals surface area contributed by atoms with Crippen molar-refractivity contribution in [3.8, 4) is 0 Å². The van der Waals surface area contributed by atoms with Crippen LogP contribution in [0, 0.1) is 12.7 Å². The molecule has 1 aromatic rings. The molecule has 1 rings (SSSR count). The first-order valence-corrected chi connectivity index (χ1v) is 4.42. The summed E-state index contributed by atoms with van der Waals surface area (Å²) in [6.07, 6.45) is 1.75. The normalized spacial score (nSPS) is 10.7. The fourth-order valence-corrected chi connectivity index (χ4v) is 1.15. The van der Waals surface area contributed by atoms with Crippen LogP contribution in [0.25, 0.3) is 0 Å². The van der Waals surface area contributed by atoms with E-state index in [4.69, 9.17) is 11.6 Å². The maximum absolute atomic E-state index is 12.9. The Labute approximate surface area is 82.2 Å². The van der Waals surface area contributed by atoms with Crippen molar-refractivity contribution in [2.45, 2.75) is 6.92 Å². The van der Waals surface area contributed by atoms with Crippen molar-refractivity contribution >= 4 is 17.3 Å². The van der Waals surface area contributed by atoms with Crippen LogP contribution in [-0.2, 0) is 0 Å². The first-order valence-electron chi connectivity index (χ1n) is 3.98. The van der Waals surface area contributed by atoms with Crippen molar-refractivity contribution < 1.29 is 4.39 Å². The quantitative estimate of drug-likeness (QED) is 0.788. The maximum Gasteiger partial charge on any atom is 0.125 e. The van der Waals surface area contributed by atoms with Gasteiger partial charge in [0.15, 0.2) is 0 Å². The maximum atomic E-state index is 12.9. The summed E-state index contributed by atoms with van der Waals surface area (Å²) in [7, 11) is 0. The highest BCUT2D eigenvalue weighted by atomic mass is 35.5. The number of nitrogens with one attached hydrogen (secondary N) is 1. The van der Waals surface area contributed by atoms with Crippen LogP contribution in [0.15, 0.2) is 29.8 Å². The van der Waals surface area contributed by atoms with Gasteiger partial charge in [0.25, 0.3) is 0 Å². The fourth-order valence-electron chi connectivity index (χ4n) is 1.06. The molecule has 0 aliphatic rings. The zero-order valence-electron chi connectivity index (χ0n) is 7.35. The summed E-state index contributed by atoms with van der Waals surface area (Å²) >= 11 is 5.34. The van der Waals surface area contributed by atoms with Gasteiger partial charge in [0, 0.05) is 17.8 Å². The molecule has 0 saturated carbocycles. The number of aryl methyl sites for hydroxylation is 1. The van der Waals surface area contributed by atoms with E-state index in [-0.39, 0.29) is 5.82 Å². The summed E-state index contributed by atoms with van der Waals surface area (Å²) in [5.41, 5.74) is 3.10. The lowest BCUT2D eigenvalue weighted by molar-refractivity contribution is 0.627. The highest BCUT2D eigenvalue weighted by Crippen LogP contribution is 2.12. The van der Waals surface area contributed by atoms with Gasteiger partial charge < -0.3 is 5.32 Å². The smallest absolute Gasteiger partial charge is 0.125 e. The molecule has 0 radical (unpaired) electrons. The van der Waals surface area contributed by atoms with E-state index in [0.717, 1.165) is 11.3 Å². The average Bonchev–Trinajstić information content (AvgIpc) is 2.03. The first-order chi connectivity index (χ1) is 6.22. The highest BCUT2D eigenvalue weighted by molar-refractivity contribution is 6.25. The summed E-state index contributed by atoms with van der Waals surface area (Å²) in [5, 5.41) is 3.02. The minimum absolute atomic E-state index is 0.225. The third-order valence-electron chi connectivity index (χ3n) is 1.56. The van der Waals surface area contributed by atoms with Crippen molar-refractivity contribution in [2.24, 2.45) is 0 Å². The van der Waals surface area contributed by atoms with Crippen LogP contribution >= 0.6 is 11.6 Å². The SMILES string of the molecule is Cc1cc(F)cc(NC/C=C/Cl)c1. The Kier molecular flexibility index (Phi) is 3.77. The van der Waals surface area contributed by atoms with E-state index >= 15 is 0 Å². The largest absolute Gasteiger partial charge is 0.381 e. The molecule has 0 saturated heterocycles. The molecule has 1 aromatic carbocycles. The lowest BCUT2D eigenvalue weighted by Gasteiger charge is -2.04. The Bertz CT molecular complexity index is 290. The Hall–Kier alpha value is -1.02. The zero-order valence-corrected chi connectivity index (χ0v) is 8.11. The van der Waals surface area contributed by atoms with E-state index in [1.807, 2.05) is 13.0 Å². The Morgan fingerprint density at radius 3 is 2.85 bits per heavy atom. The van der Waals surface area contributed by atoms with Crippen LogP contribution in [0.3, 0.4) is 0 Å². The minimum atomic E-state index is -0.225. The summed E-state index contributed by atoms with van der Waals surface area (Å²) in [6, 6.07) is 4.82. The van der Waals surface area contributed by atoms with E-state index in [1.165, 1.54) is 17.7 Å². The van der Waals surface area contributed by atoms with E-state index in [9.17, 15) is 4.39 Å². The second-order valence-corrected chi connectivity index (χ2v) is 3.01. The van der Waals surface area contributed by atoms with Crippen LogP contribution in [0.2, 0.25) is 0 Å². The van der Waals surface area contributed by atoms with Crippen LogP contribution in [0.5, 0.6) is 0 Å². The van der Waals surface area contributed by atoms with Crippen molar-refractivity contribution in [1.82, 2.24) is 0 Å². The van der Waals surface area contributed by atoms with E-state index < -0.39 is 0 Å². The number of rotatable bonds is 3. The van der Waals surface area contributed by atoms with Gasteiger partial charge in [-0.2, -0.15) is 0 Å². The number of anilines is 1. The lowest BCUT2D eigenvalue weighted by atomic mass is 10.2. The molecule has 0 atom stereocenters. The van der Waals surface area contributed by atoms with E-state index in [2.05, 4.69) is 5.32 Å². The molecule has 0 aromatic heterocycles. The van der Waals surface area contributed by atoms with Crippen LogP contribution in [0.4, 0.5) is 10.1 Å². The minimum Gasteiger partial charge on any atom is -0.381 e. The third-order valence-corrected chi connectivity index (χ3v) is 1.73. The molecule has 0 heterocycles. The summed E-state index contributed by atoms with van der Waals surface area (Å²) < 4.78 is 12.9. The highest BCUT2D eigenvalue weighted by Gasteiger charge is 1.95. The van der Waals surface area contributed by atoms with E-state index in [1.54, 1.807) is 6.08 Å². The molecule has 3 heteroatoms. The Balaban J connectivity index is 2.66. The van der Waals surface area contributed by atoms with Gasteiger partial charge in [0.2, 0.25) is 0 Å². The second kappa shape index (κ2) is 4.87. The number of halogens is 2. The lowest BCUT2D eigenvalue weighted by Crippen LogP contribution is -1.98. The molecular formula is C10H11ClFN. The molecule has 1 nitrogen and oxygen atoms in total. The number of hydrogen-bond donors (Lipinski definition) is 1. The van der Waals surface area contributed by atoms with Gasteiger partial charge in [-0.1, -0.05) is 17.7 Å². The molecule has 70 valence electrons. The first kappa shape index (κ1) is 10.1. The Morgan fingerprint density at radius 1 is 1.46 bits per heavy atom. The molecular weight excluding hydrogens is 189 g/mol. The van der Waals surface area contributed by atoms with Crippen LogP contribution in [0.1, 0.15) is 5.56 Å². The summed E-state index contributed by atoms with van der Waals surface area (Å²) in [4.78, 5) is 0. The molecule has 0 aliphatic heterocycles. The van der Waals surface area contributed by atoms with E-state index in [0.29, 0.717) is 6.54 Å². The van der Waals surface area contributed by atoms with Gasteiger partial charge in [-0.3, -0.25) is 0 Å². The molecule has 0 bridgehead atoms. The van der Waals surface area contributed by atoms with Crippen molar-refractivity contribution in [1.29, 1.82) is 0 Å². The number of benzene rings is 1. The molecule has 1 N–H and O–H groups in total. The predicted molar refractivity (Wildman–Crippen MR) is 54.6 cm³/mol. The molecule has 0 unspecified atom stereocenters. The second-order valence-electron chi connectivity index (χ2n) is 2.76. The van der Waals surface area contributed by atoms with Gasteiger partial charge in [0.1, 0.15) is 5.82 Å². The van der Waals surface area contributed by atoms with Gasteiger partial charge in [-0.25, -0.2) is 4.39 Å². The summed E-state index contributed by atoms with van der Waals surface area (Å²) in [6.45, 7) is 2.46. The molecule has 13 heavy (non-hydrogen) atoms. The molecule has 0 spiro atoms. The van der Waals surface area contributed by atoms with Gasteiger partial charge in [0.05, 0.1) is 0 Å². The van der Waals surface area contributed by atoms with Crippen molar-refractivity contribution in [3.05, 3.63) is 41.2 Å². The zero-order chi connectivity index (χ0) is 9.68. The van der Waals surface area contributed by atoms with Crippen LogP contribution < -0.4 is 5.32 Å². The van der Waals surface area contributed by atoms with Crippen molar-refractivity contribution in [2.75, 3.05) is 11.9 Å². The summed E-state index contributed by atoms with van der Waals surface area (Å²) in [5.74, 6) is -0.225. The van der Waals surface area contributed by atoms with Gasteiger partial charge >= 0.3 is 0 Å². The predicted octanol–water partition coefficient (Wildman–Crippen LogP) is 3.30. The number of hydrogen-bond acceptors (Lipinski definition) is 1. The van der Waals surface area contributed by atoms with Gasteiger partial charge in [-0.15, -0.1) is 0 Å². The monoisotopic (exact) mass is 199 g/mol. The fraction of sp³-hybridized carbons (Fsp3) is 0.200. The van der Waals surface area contributed by atoms with Crippen LogP contribution in [-0.4, -0.2) is 6.54 Å². The third kappa shape index (κ3) is 3.47. The molecule has 0 amide bonds.